The normalized spacial score (nSPS) is 10.7. The average Bonchev–Trinajstić information content (AvgIpc) is 2.15. The highest BCUT2D eigenvalue weighted by atomic mass is 19.3. The number of halogens is 2. The quantitative estimate of drug-likeness (QED) is 0.617. The molecule has 15 heavy (non-hydrogen) atoms. The van der Waals surface area contributed by atoms with E-state index in [1.165, 1.54) is 6.92 Å². The van der Waals surface area contributed by atoms with Gasteiger partial charge in [0.2, 0.25) is 0 Å². The van der Waals surface area contributed by atoms with Gasteiger partial charge in [0.15, 0.2) is 0 Å². The van der Waals surface area contributed by atoms with Crippen molar-refractivity contribution in [2.45, 2.75) is 19.9 Å². The van der Waals surface area contributed by atoms with Crippen molar-refractivity contribution in [1.82, 2.24) is 4.98 Å². The number of rotatable bonds is 3. The van der Waals surface area contributed by atoms with Crippen molar-refractivity contribution in [3.8, 4) is 0 Å². The van der Waals surface area contributed by atoms with E-state index in [2.05, 4.69) is 4.98 Å². The number of alkyl halides is 2. The fraction of sp³-hybridized carbons (Fsp3) is 0.375. The zero-order valence-corrected chi connectivity index (χ0v) is 7.91. The van der Waals surface area contributed by atoms with Crippen molar-refractivity contribution >= 4 is 5.69 Å². The molecule has 0 spiro atoms. The molecule has 0 aliphatic rings. The first kappa shape index (κ1) is 11.4. The largest absolute Gasteiger partial charge is 0.325 e. The zero-order chi connectivity index (χ0) is 11.6. The maximum atomic E-state index is 12.3. The molecule has 1 aromatic heterocycles. The average molecular weight is 217 g/mol. The van der Waals surface area contributed by atoms with Crippen molar-refractivity contribution in [2.75, 3.05) is 0 Å². The summed E-state index contributed by atoms with van der Waals surface area (Å²) in [7, 11) is 0. The number of nitrogens with two attached hydrogens (primary N) is 1. The summed E-state index contributed by atoms with van der Waals surface area (Å²) in [5.74, 6) is 0. The summed E-state index contributed by atoms with van der Waals surface area (Å²) >= 11 is 0. The molecule has 1 aromatic rings. The molecule has 2 N–H and O–H groups in total. The number of aryl methyl sites for hydroxylation is 1. The second-order valence-electron chi connectivity index (χ2n) is 2.92. The number of aromatic nitrogens is 1. The van der Waals surface area contributed by atoms with Gasteiger partial charge in [-0.15, -0.1) is 0 Å². The topological polar surface area (TPSA) is 82.0 Å². The molecule has 1 rings (SSSR count). The predicted molar refractivity (Wildman–Crippen MR) is 48.5 cm³/mol. The van der Waals surface area contributed by atoms with Crippen LogP contribution in [0, 0.1) is 17.0 Å². The van der Waals surface area contributed by atoms with E-state index in [-0.39, 0.29) is 23.5 Å². The maximum absolute atomic E-state index is 12.3. The van der Waals surface area contributed by atoms with E-state index in [1.807, 2.05) is 0 Å². The van der Waals surface area contributed by atoms with Gasteiger partial charge in [0.05, 0.1) is 4.92 Å². The highest BCUT2D eigenvalue weighted by molar-refractivity contribution is 5.44. The minimum Gasteiger partial charge on any atom is -0.325 e. The Hall–Kier alpha value is -1.63. The molecule has 0 aromatic carbocycles. The van der Waals surface area contributed by atoms with Crippen LogP contribution in [0.2, 0.25) is 0 Å². The predicted octanol–water partition coefficient (Wildman–Crippen LogP) is 1.69. The van der Waals surface area contributed by atoms with Gasteiger partial charge in [0.25, 0.3) is 12.1 Å². The number of hydrogen-bond acceptors (Lipinski definition) is 4. The summed E-state index contributed by atoms with van der Waals surface area (Å²) in [5, 5.41) is 10.6. The van der Waals surface area contributed by atoms with E-state index in [9.17, 15) is 18.9 Å². The van der Waals surface area contributed by atoms with Gasteiger partial charge < -0.3 is 5.73 Å². The Balaban J connectivity index is 3.37. The van der Waals surface area contributed by atoms with Gasteiger partial charge in [0, 0.05) is 12.1 Å². The summed E-state index contributed by atoms with van der Waals surface area (Å²) in [6.07, 6.45) is -2.75. The first-order valence-corrected chi connectivity index (χ1v) is 4.10. The second kappa shape index (κ2) is 4.26. The van der Waals surface area contributed by atoms with Crippen LogP contribution in [0.5, 0.6) is 0 Å². The fourth-order valence-corrected chi connectivity index (χ4v) is 1.26. The van der Waals surface area contributed by atoms with Crippen LogP contribution < -0.4 is 5.73 Å². The smallest absolute Gasteiger partial charge is 0.294 e. The van der Waals surface area contributed by atoms with Crippen molar-refractivity contribution in [2.24, 2.45) is 5.73 Å². The van der Waals surface area contributed by atoms with E-state index in [1.54, 1.807) is 0 Å². The van der Waals surface area contributed by atoms with Gasteiger partial charge in [-0.1, -0.05) is 0 Å². The lowest BCUT2D eigenvalue weighted by Crippen LogP contribution is -2.08. The minimum atomic E-state index is -2.75. The van der Waals surface area contributed by atoms with Gasteiger partial charge in [-0.3, -0.25) is 10.1 Å². The molecule has 0 radical (unpaired) electrons. The van der Waals surface area contributed by atoms with Crippen LogP contribution in [-0.2, 0) is 6.54 Å². The van der Waals surface area contributed by atoms with E-state index in [0.29, 0.717) is 0 Å². The third kappa shape index (κ3) is 2.24. The molecule has 0 bridgehead atoms. The first-order chi connectivity index (χ1) is 6.97. The molecular formula is C8H9F2N3O2. The third-order valence-corrected chi connectivity index (χ3v) is 1.87. The van der Waals surface area contributed by atoms with E-state index >= 15 is 0 Å². The molecule has 1 heterocycles. The van der Waals surface area contributed by atoms with Crippen molar-refractivity contribution in [3.05, 3.63) is 33.1 Å². The summed E-state index contributed by atoms with van der Waals surface area (Å²) in [6.45, 7) is 1.14. The first-order valence-electron chi connectivity index (χ1n) is 4.10. The van der Waals surface area contributed by atoms with Gasteiger partial charge in [-0.2, -0.15) is 0 Å². The van der Waals surface area contributed by atoms with E-state index in [0.717, 1.165) is 6.07 Å². The van der Waals surface area contributed by atoms with Crippen LogP contribution in [-0.4, -0.2) is 9.91 Å². The molecule has 0 fully saturated rings. The van der Waals surface area contributed by atoms with Crippen molar-refractivity contribution in [1.29, 1.82) is 0 Å². The highest BCUT2D eigenvalue weighted by Crippen LogP contribution is 2.26. The highest BCUT2D eigenvalue weighted by Gasteiger charge is 2.21. The van der Waals surface area contributed by atoms with Gasteiger partial charge in [-0.25, -0.2) is 13.8 Å². The van der Waals surface area contributed by atoms with Gasteiger partial charge in [0.1, 0.15) is 11.4 Å². The summed E-state index contributed by atoms with van der Waals surface area (Å²) in [6, 6.07) is 1.00. The van der Waals surface area contributed by atoms with Crippen LogP contribution in [0.1, 0.15) is 23.4 Å². The van der Waals surface area contributed by atoms with Crippen LogP contribution >= 0.6 is 0 Å². The van der Waals surface area contributed by atoms with Gasteiger partial charge >= 0.3 is 0 Å². The maximum Gasteiger partial charge on any atom is 0.294 e. The number of nitrogens with zero attached hydrogens (tertiary/aromatic N) is 2. The molecule has 0 unspecified atom stereocenters. The summed E-state index contributed by atoms with van der Waals surface area (Å²) in [4.78, 5) is 13.4. The zero-order valence-electron chi connectivity index (χ0n) is 7.91. The van der Waals surface area contributed by atoms with Crippen molar-refractivity contribution in [3.63, 3.8) is 0 Å². The lowest BCUT2D eigenvalue weighted by atomic mass is 10.1. The molecule has 7 heteroatoms. The molecule has 0 saturated heterocycles. The number of hydrogen-bond donors (Lipinski definition) is 1. The number of nitro groups is 1. The Morgan fingerprint density at radius 2 is 2.27 bits per heavy atom. The minimum absolute atomic E-state index is 0.115. The van der Waals surface area contributed by atoms with Crippen LogP contribution in [0.25, 0.3) is 0 Å². The number of pyridine rings is 1. The van der Waals surface area contributed by atoms with Crippen molar-refractivity contribution < 1.29 is 13.7 Å². The molecular weight excluding hydrogens is 208 g/mol. The molecule has 0 aliphatic heterocycles. The molecule has 82 valence electrons. The van der Waals surface area contributed by atoms with Gasteiger partial charge in [-0.05, 0) is 13.0 Å². The molecule has 0 atom stereocenters. The molecule has 0 saturated carbocycles. The Kier molecular flexibility index (Phi) is 3.25. The molecule has 0 amide bonds. The Morgan fingerprint density at radius 3 is 2.67 bits per heavy atom. The summed E-state index contributed by atoms with van der Waals surface area (Å²) < 4.78 is 24.6. The molecule has 5 nitrogen and oxygen atoms in total. The van der Waals surface area contributed by atoms with Crippen LogP contribution in [0.3, 0.4) is 0 Å². The van der Waals surface area contributed by atoms with Crippen LogP contribution in [0.15, 0.2) is 6.07 Å². The standard InChI is InChI=1S/C8H9F2N3O2/c1-4-2-5(8(9)10)12-6(3-11)7(4)13(14)15/h2,8H,3,11H2,1H3. The second-order valence-corrected chi connectivity index (χ2v) is 2.92. The molecule has 0 aliphatic carbocycles. The Bertz CT molecular complexity index is 396. The lowest BCUT2D eigenvalue weighted by Gasteiger charge is -2.05. The summed E-state index contributed by atoms with van der Waals surface area (Å²) in [5.41, 5.74) is 4.47. The Labute approximate surface area is 84.1 Å². The fourth-order valence-electron chi connectivity index (χ4n) is 1.26. The monoisotopic (exact) mass is 217 g/mol. The van der Waals surface area contributed by atoms with E-state index in [4.69, 9.17) is 5.73 Å². The van der Waals surface area contributed by atoms with Crippen LogP contribution in [0.4, 0.5) is 14.5 Å². The SMILES string of the molecule is Cc1cc(C(F)F)nc(CN)c1[N+](=O)[O-]. The third-order valence-electron chi connectivity index (χ3n) is 1.87. The Morgan fingerprint density at radius 1 is 1.67 bits per heavy atom. The van der Waals surface area contributed by atoms with E-state index < -0.39 is 17.0 Å². The lowest BCUT2D eigenvalue weighted by molar-refractivity contribution is -0.386.